The number of aryl methyl sites for hydroxylation is 1. The number of nitrogens with one attached hydrogen (secondary N) is 1. The zero-order valence-electron chi connectivity index (χ0n) is 14.1. The van der Waals surface area contributed by atoms with Gasteiger partial charge in [0.05, 0.1) is 31.5 Å². The Hall–Kier alpha value is -2.37. The van der Waals surface area contributed by atoms with Crippen LogP contribution in [0.15, 0.2) is 42.6 Å². The van der Waals surface area contributed by atoms with Gasteiger partial charge in [-0.25, -0.2) is 0 Å². The van der Waals surface area contributed by atoms with E-state index in [0.29, 0.717) is 14.3 Å². The number of benzene rings is 2. The molecule has 8 nitrogen and oxygen atoms in total. The quantitative estimate of drug-likeness (QED) is 0.273. The molecule has 0 atom stereocenters. The van der Waals surface area contributed by atoms with Crippen LogP contribution >= 0.6 is 45.8 Å². The summed E-state index contributed by atoms with van der Waals surface area (Å²) < 4.78 is 7.71. The number of hydrogen-bond acceptors (Lipinski definition) is 5. The van der Waals surface area contributed by atoms with Gasteiger partial charge in [-0.15, -0.1) is 0 Å². The van der Waals surface area contributed by atoms with Crippen LogP contribution in [0.25, 0.3) is 0 Å². The normalized spacial score (nSPS) is 10.6. The fourth-order valence-corrected chi connectivity index (χ4v) is 3.53. The molecule has 0 saturated carbocycles. The van der Waals surface area contributed by atoms with Crippen molar-refractivity contribution >= 4 is 63.1 Å². The third-order valence-electron chi connectivity index (χ3n) is 3.59. The Morgan fingerprint density at radius 1 is 1.29 bits per heavy atom. The van der Waals surface area contributed by atoms with E-state index < -0.39 is 10.8 Å². The number of nitro benzene ring substituents is 1. The molecule has 0 fully saturated rings. The maximum absolute atomic E-state index is 12.5. The van der Waals surface area contributed by atoms with Gasteiger partial charge in [-0.05, 0) is 40.8 Å². The van der Waals surface area contributed by atoms with Crippen LogP contribution in [0.1, 0.15) is 10.5 Å². The van der Waals surface area contributed by atoms with E-state index in [4.69, 9.17) is 27.9 Å². The summed E-state index contributed by atoms with van der Waals surface area (Å²) in [6.07, 6.45) is 1.54. The smallest absolute Gasteiger partial charge is 0.275 e. The van der Waals surface area contributed by atoms with E-state index in [2.05, 4.69) is 10.4 Å². The molecule has 3 rings (SSSR count). The summed E-state index contributed by atoms with van der Waals surface area (Å²) >= 11 is 13.9. The largest absolute Gasteiger partial charge is 0.455 e. The standard InChI is InChI=1S/C17H11Cl2IN4O4/c1-23-16(14(20)8-21-23)17(25)22-10-5-11(24(26)27)7-12(6-10)28-15-3-2-9(18)4-13(15)19/h2-8H,1H3,(H,22,25). The summed E-state index contributed by atoms with van der Waals surface area (Å²) in [7, 11) is 1.63. The van der Waals surface area contributed by atoms with E-state index in [1.807, 2.05) is 22.6 Å². The molecule has 144 valence electrons. The summed E-state index contributed by atoms with van der Waals surface area (Å²) in [5, 5.41) is 18.6. The number of amides is 1. The molecule has 1 aromatic heterocycles. The van der Waals surface area contributed by atoms with Gasteiger partial charge < -0.3 is 10.1 Å². The molecule has 0 spiro atoms. The molecule has 0 bridgehead atoms. The van der Waals surface area contributed by atoms with Crippen LogP contribution in [0, 0.1) is 13.7 Å². The second-order valence-corrected chi connectivity index (χ2v) is 7.57. The predicted molar refractivity (Wildman–Crippen MR) is 114 cm³/mol. The van der Waals surface area contributed by atoms with Crippen LogP contribution in [0.3, 0.4) is 0 Å². The van der Waals surface area contributed by atoms with Gasteiger partial charge >= 0.3 is 0 Å². The first-order chi connectivity index (χ1) is 13.2. The first-order valence-corrected chi connectivity index (χ1v) is 9.49. The van der Waals surface area contributed by atoms with Crippen molar-refractivity contribution in [2.24, 2.45) is 7.05 Å². The van der Waals surface area contributed by atoms with Crippen molar-refractivity contribution in [2.45, 2.75) is 0 Å². The van der Waals surface area contributed by atoms with E-state index in [0.717, 1.165) is 0 Å². The number of carbonyl (C=O) groups excluding carboxylic acids is 1. The van der Waals surface area contributed by atoms with Gasteiger partial charge in [-0.2, -0.15) is 5.10 Å². The molecule has 28 heavy (non-hydrogen) atoms. The number of nitro groups is 1. The Balaban J connectivity index is 1.93. The monoisotopic (exact) mass is 532 g/mol. The van der Waals surface area contributed by atoms with Crippen molar-refractivity contribution in [3.05, 3.63) is 72.0 Å². The lowest BCUT2D eigenvalue weighted by Crippen LogP contribution is -2.17. The maximum atomic E-state index is 12.5. The average molecular weight is 533 g/mol. The van der Waals surface area contributed by atoms with E-state index in [1.165, 1.54) is 28.9 Å². The van der Waals surface area contributed by atoms with Crippen molar-refractivity contribution in [3.63, 3.8) is 0 Å². The number of nitrogens with zero attached hydrogens (tertiary/aromatic N) is 3. The number of carbonyl (C=O) groups is 1. The Morgan fingerprint density at radius 2 is 2.04 bits per heavy atom. The van der Waals surface area contributed by atoms with E-state index in [1.54, 1.807) is 25.4 Å². The molecule has 0 aliphatic rings. The second kappa shape index (κ2) is 8.33. The van der Waals surface area contributed by atoms with Gasteiger partial charge in [0.1, 0.15) is 17.2 Å². The lowest BCUT2D eigenvalue weighted by molar-refractivity contribution is -0.384. The summed E-state index contributed by atoms with van der Waals surface area (Å²) in [6.45, 7) is 0. The molecule has 3 aromatic rings. The second-order valence-electron chi connectivity index (χ2n) is 5.57. The van der Waals surface area contributed by atoms with Crippen molar-refractivity contribution in [2.75, 3.05) is 5.32 Å². The van der Waals surface area contributed by atoms with Gasteiger partial charge in [-0.1, -0.05) is 23.2 Å². The number of aromatic nitrogens is 2. The van der Waals surface area contributed by atoms with Crippen molar-refractivity contribution in [1.29, 1.82) is 0 Å². The average Bonchev–Trinajstić information content (AvgIpc) is 2.95. The van der Waals surface area contributed by atoms with Gasteiger partial charge in [0.25, 0.3) is 11.6 Å². The SMILES string of the molecule is Cn1ncc(I)c1C(=O)Nc1cc(Oc2ccc(Cl)cc2Cl)cc([N+](=O)[O-])c1. The van der Waals surface area contributed by atoms with Crippen molar-refractivity contribution < 1.29 is 14.5 Å². The minimum absolute atomic E-state index is 0.133. The number of hydrogen-bond donors (Lipinski definition) is 1. The molecule has 0 aliphatic heterocycles. The Labute approximate surface area is 182 Å². The molecule has 0 unspecified atom stereocenters. The number of ether oxygens (including phenoxy) is 1. The summed E-state index contributed by atoms with van der Waals surface area (Å²) in [5.41, 5.74) is 0.268. The van der Waals surface area contributed by atoms with Crippen LogP contribution in [0.4, 0.5) is 11.4 Å². The molecule has 2 aromatic carbocycles. The highest BCUT2D eigenvalue weighted by Crippen LogP contribution is 2.34. The third-order valence-corrected chi connectivity index (χ3v) is 4.91. The van der Waals surface area contributed by atoms with Crippen LogP contribution < -0.4 is 10.1 Å². The zero-order valence-corrected chi connectivity index (χ0v) is 17.8. The topological polar surface area (TPSA) is 99.3 Å². The molecular formula is C17H11Cl2IN4O4. The lowest BCUT2D eigenvalue weighted by atomic mass is 10.2. The minimum atomic E-state index is -0.584. The Morgan fingerprint density at radius 3 is 2.64 bits per heavy atom. The van der Waals surface area contributed by atoms with E-state index in [-0.39, 0.29) is 27.9 Å². The lowest BCUT2D eigenvalue weighted by Gasteiger charge is -2.11. The molecule has 1 heterocycles. The Bertz CT molecular complexity index is 1070. The van der Waals surface area contributed by atoms with Crippen LogP contribution in [0.2, 0.25) is 10.0 Å². The number of rotatable bonds is 5. The van der Waals surface area contributed by atoms with E-state index in [9.17, 15) is 14.9 Å². The fourth-order valence-electron chi connectivity index (χ4n) is 2.36. The first kappa shape index (κ1) is 20.4. The highest BCUT2D eigenvalue weighted by atomic mass is 127. The molecule has 0 aliphatic carbocycles. The Kier molecular flexibility index (Phi) is 6.06. The fraction of sp³-hybridized carbons (Fsp3) is 0.0588. The molecule has 11 heteroatoms. The van der Waals surface area contributed by atoms with Crippen molar-refractivity contribution in [1.82, 2.24) is 9.78 Å². The molecule has 1 N–H and O–H groups in total. The summed E-state index contributed by atoms with van der Waals surface area (Å²) in [4.78, 5) is 23.2. The zero-order chi connectivity index (χ0) is 20.4. The van der Waals surface area contributed by atoms with Crippen molar-refractivity contribution in [3.8, 4) is 11.5 Å². The van der Waals surface area contributed by atoms with E-state index >= 15 is 0 Å². The summed E-state index contributed by atoms with van der Waals surface area (Å²) in [6, 6.07) is 8.53. The summed E-state index contributed by atoms with van der Waals surface area (Å²) in [5.74, 6) is -0.0566. The highest BCUT2D eigenvalue weighted by molar-refractivity contribution is 14.1. The minimum Gasteiger partial charge on any atom is -0.455 e. The van der Waals surface area contributed by atoms with Crippen LogP contribution in [0.5, 0.6) is 11.5 Å². The van der Waals surface area contributed by atoms with Gasteiger partial charge in [0.15, 0.2) is 0 Å². The third kappa shape index (κ3) is 4.54. The molecular weight excluding hydrogens is 522 g/mol. The van der Waals surface area contributed by atoms with Gasteiger partial charge in [0.2, 0.25) is 0 Å². The highest BCUT2D eigenvalue weighted by Gasteiger charge is 2.18. The number of non-ortho nitro benzene ring substituents is 1. The molecule has 0 saturated heterocycles. The number of halogens is 3. The van der Waals surface area contributed by atoms with Gasteiger partial charge in [0, 0.05) is 24.2 Å². The number of anilines is 1. The predicted octanol–water partition coefficient (Wildman–Crippen LogP) is 5.28. The van der Waals surface area contributed by atoms with Gasteiger partial charge in [-0.3, -0.25) is 19.6 Å². The first-order valence-electron chi connectivity index (χ1n) is 7.66. The maximum Gasteiger partial charge on any atom is 0.275 e. The molecule has 0 radical (unpaired) electrons. The van der Waals surface area contributed by atoms with Crippen LogP contribution in [-0.4, -0.2) is 20.6 Å². The van der Waals surface area contributed by atoms with Crippen LogP contribution in [-0.2, 0) is 7.05 Å². The molecule has 1 amide bonds.